The number of anilines is 2. The van der Waals surface area contributed by atoms with E-state index in [1.54, 1.807) is 11.3 Å². The van der Waals surface area contributed by atoms with Crippen LogP contribution in [0.2, 0.25) is 0 Å². The first-order chi connectivity index (χ1) is 13.6. The average Bonchev–Trinajstić information content (AvgIpc) is 3.24. The fourth-order valence-electron chi connectivity index (χ4n) is 3.09. The largest absolute Gasteiger partial charge is 0.360 e. The van der Waals surface area contributed by atoms with E-state index in [-0.39, 0.29) is 12.5 Å². The SMILES string of the molecule is Cc1cccc(C)c1NC(=O)CNc1nc(-c2cccs2)nc2ccccc12. The summed E-state index contributed by atoms with van der Waals surface area (Å²) in [6, 6.07) is 17.7. The van der Waals surface area contributed by atoms with Crippen LogP contribution < -0.4 is 10.6 Å². The zero-order chi connectivity index (χ0) is 19.5. The third-order valence-electron chi connectivity index (χ3n) is 4.51. The molecule has 0 aliphatic rings. The van der Waals surface area contributed by atoms with Crippen LogP contribution in [0.1, 0.15) is 11.1 Å². The highest BCUT2D eigenvalue weighted by atomic mass is 32.1. The van der Waals surface area contributed by atoms with E-state index in [1.165, 1.54) is 0 Å². The maximum atomic E-state index is 12.5. The summed E-state index contributed by atoms with van der Waals surface area (Å²) in [5, 5.41) is 9.08. The molecule has 2 heterocycles. The Hall–Kier alpha value is -3.25. The van der Waals surface area contributed by atoms with Gasteiger partial charge in [-0.25, -0.2) is 9.97 Å². The Bertz CT molecular complexity index is 1120. The fourth-order valence-corrected chi connectivity index (χ4v) is 3.74. The molecular formula is C22H20N4OS. The first-order valence-electron chi connectivity index (χ1n) is 9.02. The maximum absolute atomic E-state index is 12.5. The highest BCUT2D eigenvalue weighted by Gasteiger charge is 2.12. The Labute approximate surface area is 167 Å². The van der Waals surface area contributed by atoms with Crippen LogP contribution in [0.3, 0.4) is 0 Å². The normalized spacial score (nSPS) is 10.8. The monoisotopic (exact) mass is 388 g/mol. The van der Waals surface area contributed by atoms with E-state index in [0.717, 1.165) is 32.6 Å². The maximum Gasteiger partial charge on any atom is 0.243 e. The van der Waals surface area contributed by atoms with Crippen LogP contribution in [0.5, 0.6) is 0 Å². The van der Waals surface area contributed by atoms with Gasteiger partial charge in [-0.05, 0) is 48.6 Å². The van der Waals surface area contributed by atoms with E-state index in [0.29, 0.717) is 11.6 Å². The predicted molar refractivity (Wildman–Crippen MR) is 116 cm³/mol. The summed E-state index contributed by atoms with van der Waals surface area (Å²) in [6.45, 7) is 4.10. The summed E-state index contributed by atoms with van der Waals surface area (Å²) in [6.07, 6.45) is 0. The molecule has 2 aromatic carbocycles. The third-order valence-corrected chi connectivity index (χ3v) is 5.37. The molecule has 0 atom stereocenters. The average molecular weight is 388 g/mol. The first-order valence-corrected chi connectivity index (χ1v) is 9.90. The van der Waals surface area contributed by atoms with Crippen molar-refractivity contribution in [1.82, 2.24) is 9.97 Å². The molecule has 2 N–H and O–H groups in total. The quantitative estimate of drug-likeness (QED) is 0.503. The smallest absolute Gasteiger partial charge is 0.243 e. The van der Waals surface area contributed by atoms with Crippen LogP contribution in [0, 0.1) is 13.8 Å². The number of aromatic nitrogens is 2. The van der Waals surface area contributed by atoms with Gasteiger partial charge in [0.1, 0.15) is 5.82 Å². The molecule has 0 aliphatic heterocycles. The van der Waals surface area contributed by atoms with E-state index in [4.69, 9.17) is 0 Å². The molecule has 28 heavy (non-hydrogen) atoms. The third kappa shape index (κ3) is 3.73. The van der Waals surface area contributed by atoms with Gasteiger partial charge in [-0.3, -0.25) is 4.79 Å². The molecule has 5 nitrogen and oxygen atoms in total. The van der Waals surface area contributed by atoms with Crippen LogP contribution in [0.25, 0.3) is 21.6 Å². The van der Waals surface area contributed by atoms with Crippen molar-refractivity contribution in [2.24, 2.45) is 0 Å². The minimum absolute atomic E-state index is 0.113. The Morgan fingerprint density at radius 3 is 2.50 bits per heavy atom. The molecule has 1 amide bonds. The van der Waals surface area contributed by atoms with E-state index < -0.39 is 0 Å². The van der Waals surface area contributed by atoms with E-state index in [1.807, 2.05) is 73.8 Å². The van der Waals surface area contributed by atoms with Gasteiger partial charge in [0.25, 0.3) is 0 Å². The molecule has 0 bridgehead atoms. The van der Waals surface area contributed by atoms with Crippen molar-refractivity contribution in [3.8, 4) is 10.7 Å². The van der Waals surface area contributed by atoms with Crippen molar-refractivity contribution in [1.29, 1.82) is 0 Å². The summed E-state index contributed by atoms with van der Waals surface area (Å²) in [5.74, 6) is 1.20. The molecule has 0 saturated heterocycles. The van der Waals surface area contributed by atoms with Gasteiger partial charge in [-0.15, -0.1) is 11.3 Å². The topological polar surface area (TPSA) is 66.9 Å². The number of hydrogen-bond acceptors (Lipinski definition) is 5. The summed E-state index contributed by atoms with van der Waals surface area (Å²) >= 11 is 1.59. The number of nitrogens with zero attached hydrogens (tertiary/aromatic N) is 2. The van der Waals surface area contributed by atoms with Crippen LogP contribution in [-0.4, -0.2) is 22.4 Å². The van der Waals surface area contributed by atoms with Crippen molar-refractivity contribution < 1.29 is 4.79 Å². The predicted octanol–water partition coefficient (Wildman–Crippen LogP) is 5.03. The molecular weight excluding hydrogens is 368 g/mol. The van der Waals surface area contributed by atoms with Crippen molar-refractivity contribution >= 4 is 39.7 Å². The Morgan fingerprint density at radius 1 is 0.964 bits per heavy atom. The number of thiophene rings is 1. The number of aryl methyl sites for hydroxylation is 2. The standard InChI is InChI=1S/C22H20N4OS/c1-14-7-5-8-15(2)20(14)25-19(27)13-23-21-16-9-3-4-10-17(16)24-22(26-21)18-11-6-12-28-18/h3-12H,13H2,1-2H3,(H,25,27)(H,23,24,26). The van der Waals surface area contributed by atoms with Crippen molar-refractivity contribution in [3.05, 3.63) is 71.1 Å². The Kier molecular flexibility index (Phi) is 5.04. The lowest BCUT2D eigenvalue weighted by molar-refractivity contribution is -0.114. The highest BCUT2D eigenvalue weighted by molar-refractivity contribution is 7.13. The van der Waals surface area contributed by atoms with Crippen molar-refractivity contribution in [2.75, 3.05) is 17.2 Å². The number of hydrogen-bond donors (Lipinski definition) is 2. The molecule has 0 spiro atoms. The molecule has 0 aliphatic carbocycles. The zero-order valence-corrected chi connectivity index (χ0v) is 16.5. The lowest BCUT2D eigenvalue weighted by Crippen LogP contribution is -2.23. The fraction of sp³-hybridized carbons (Fsp3) is 0.136. The van der Waals surface area contributed by atoms with Crippen LogP contribution in [-0.2, 0) is 4.79 Å². The number of amides is 1. The summed E-state index contributed by atoms with van der Waals surface area (Å²) in [7, 11) is 0. The molecule has 4 aromatic rings. The van der Waals surface area contributed by atoms with E-state index >= 15 is 0 Å². The second-order valence-corrected chi connectivity index (χ2v) is 7.51. The lowest BCUT2D eigenvalue weighted by atomic mass is 10.1. The number of nitrogens with one attached hydrogen (secondary N) is 2. The minimum Gasteiger partial charge on any atom is -0.360 e. The molecule has 140 valence electrons. The molecule has 0 saturated carbocycles. The van der Waals surface area contributed by atoms with E-state index in [9.17, 15) is 4.79 Å². The number of carbonyl (C=O) groups is 1. The van der Waals surface area contributed by atoms with Gasteiger partial charge in [0.2, 0.25) is 5.91 Å². The minimum atomic E-state index is -0.113. The van der Waals surface area contributed by atoms with Gasteiger partial charge >= 0.3 is 0 Å². The molecule has 0 fully saturated rings. The number of para-hydroxylation sites is 2. The lowest BCUT2D eigenvalue weighted by Gasteiger charge is -2.13. The Morgan fingerprint density at radius 2 is 1.75 bits per heavy atom. The van der Waals surface area contributed by atoms with Crippen LogP contribution in [0.15, 0.2) is 60.0 Å². The van der Waals surface area contributed by atoms with Crippen molar-refractivity contribution in [3.63, 3.8) is 0 Å². The summed E-state index contributed by atoms with van der Waals surface area (Å²) in [5.41, 5.74) is 3.79. The second kappa shape index (κ2) is 7.78. The number of carbonyl (C=O) groups excluding carboxylic acids is 1. The number of fused-ring (bicyclic) bond motifs is 1. The molecule has 4 rings (SSSR count). The van der Waals surface area contributed by atoms with Crippen molar-refractivity contribution in [2.45, 2.75) is 13.8 Å². The number of benzene rings is 2. The first kappa shape index (κ1) is 18.1. The Balaban J connectivity index is 1.58. The summed E-state index contributed by atoms with van der Waals surface area (Å²) in [4.78, 5) is 22.8. The van der Waals surface area contributed by atoms with Gasteiger partial charge in [0.05, 0.1) is 16.9 Å². The van der Waals surface area contributed by atoms with Gasteiger partial charge < -0.3 is 10.6 Å². The van der Waals surface area contributed by atoms with Gasteiger partial charge in [0, 0.05) is 11.1 Å². The number of rotatable bonds is 5. The zero-order valence-electron chi connectivity index (χ0n) is 15.7. The van der Waals surface area contributed by atoms with Crippen LogP contribution in [0.4, 0.5) is 11.5 Å². The second-order valence-electron chi connectivity index (χ2n) is 6.56. The van der Waals surface area contributed by atoms with Crippen LogP contribution >= 0.6 is 11.3 Å². The van der Waals surface area contributed by atoms with Gasteiger partial charge in [0.15, 0.2) is 5.82 Å². The molecule has 0 unspecified atom stereocenters. The highest BCUT2D eigenvalue weighted by Crippen LogP contribution is 2.27. The van der Waals surface area contributed by atoms with Gasteiger partial charge in [-0.1, -0.05) is 36.4 Å². The molecule has 6 heteroatoms. The van der Waals surface area contributed by atoms with E-state index in [2.05, 4.69) is 20.6 Å². The molecule has 0 radical (unpaired) electrons. The summed E-state index contributed by atoms with van der Waals surface area (Å²) < 4.78 is 0. The molecule has 2 aromatic heterocycles. The van der Waals surface area contributed by atoms with Gasteiger partial charge in [-0.2, -0.15) is 0 Å².